The molecule has 0 saturated carbocycles. The van der Waals surface area contributed by atoms with Gasteiger partial charge in [0, 0.05) is 6.07 Å². The van der Waals surface area contributed by atoms with Crippen molar-refractivity contribution >= 4 is 11.9 Å². The van der Waals surface area contributed by atoms with Crippen molar-refractivity contribution in [2.45, 2.75) is 32.6 Å². The number of benzene rings is 2. The molecule has 0 amide bonds. The van der Waals surface area contributed by atoms with Crippen molar-refractivity contribution < 1.29 is 23.7 Å². The predicted octanol–water partition coefficient (Wildman–Crippen LogP) is 5.03. The van der Waals surface area contributed by atoms with Gasteiger partial charge in [0.15, 0.2) is 17.3 Å². The summed E-state index contributed by atoms with van der Waals surface area (Å²) in [7, 11) is 0. The maximum atomic E-state index is 12.6. The van der Waals surface area contributed by atoms with Crippen molar-refractivity contribution in [3.05, 3.63) is 53.3 Å². The summed E-state index contributed by atoms with van der Waals surface area (Å²) >= 11 is 0. The molecule has 2 aromatic carbocycles. The molecule has 0 fully saturated rings. The molecule has 0 N–H and O–H groups in total. The molecule has 0 bridgehead atoms. The predicted molar refractivity (Wildman–Crippen MR) is 106 cm³/mol. The number of Topliss-reactive ketones (excluding diaryl/α,β-unsaturated/α-hetero) is 1. The van der Waals surface area contributed by atoms with E-state index in [-0.39, 0.29) is 5.78 Å². The zero-order valence-corrected chi connectivity index (χ0v) is 16.0. The zero-order valence-electron chi connectivity index (χ0n) is 16.0. The zero-order chi connectivity index (χ0) is 19.3. The molecule has 2 aliphatic heterocycles. The number of carbonyl (C=O) groups excluding carboxylic acids is 1. The minimum absolute atomic E-state index is 0.126. The van der Waals surface area contributed by atoms with Crippen LogP contribution in [0.3, 0.4) is 0 Å². The van der Waals surface area contributed by atoms with E-state index in [9.17, 15) is 4.79 Å². The van der Waals surface area contributed by atoms with Crippen molar-refractivity contribution in [3.8, 4) is 23.0 Å². The van der Waals surface area contributed by atoms with Gasteiger partial charge in [-0.2, -0.15) is 0 Å². The molecular weight excluding hydrogens is 356 g/mol. The molecular formula is C23H24O5. The Hall–Kier alpha value is -2.95. The van der Waals surface area contributed by atoms with Crippen molar-refractivity contribution in [2.24, 2.45) is 0 Å². The molecule has 0 saturated heterocycles. The van der Waals surface area contributed by atoms with Crippen LogP contribution in [0.15, 0.2) is 42.2 Å². The van der Waals surface area contributed by atoms with Crippen LogP contribution in [0.1, 0.15) is 48.5 Å². The Morgan fingerprint density at radius 2 is 1.82 bits per heavy atom. The SMILES string of the molecule is CCCCCCOc1ccc2c(c1)OC(=Cc1ccc3c(c1)OCCO3)C2=O. The molecule has 4 rings (SSSR count). The van der Waals surface area contributed by atoms with Gasteiger partial charge in [-0.15, -0.1) is 0 Å². The van der Waals surface area contributed by atoms with Crippen LogP contribution in [0.25, 0.3) is 6.08 Å². The molecule has 28 heavy (non-hydrogen) atoms. The van der Waals surface area contributed by atoms with Crippen LogP contribution in [-0.4, -0.2) is 25.6 Å². The first-order chi connectivity index (χ1) is 13.7. The van der Waals surface area contributed by atoms with Crippen LogP contribution in [0, 0.1) is 0 Å². The lowest BCUT2D eigenvalue weighted by Crippen LogP contribution is -2.15. The van der Waals surface area contributed by atoms with Gasteiger partial charge in [0.1, 0.15) is 24.7 Å². The van der Waals surface area contributed by atoms with Crippen molar-refractivity contribution in [2.75, 3.05) is 19.8 Å². The van der Waals surface area contributed by atoms with Crippen LogP contribution < -0.4 is 18.9 Å². The van der Waals surface area contributed by atoms with Crippen LogP contribution in [0.4, 0.5) is 0 Å². The summed E-state index contributed by atoms with van der Waals surface area (Å²) < 4.78 is 22.7. The number of fused-ring (bicyclic) bond motifs is 2. The first-order valence-electron chi connectivity index (χ1n) is 9.85. The van der Waals surface area contributed by atoms with Gasteiger partial charge in [-0.25, -0.2) is 0 Å². The van der Waals surface area contributed by atoms with Gasteiger partial charge >= 0.3 is 0 Å². The smallest absolute Gasteiger partial charge is 0.231 e. The highest BCUT2D eigenvalue weighted by atomic mass is 16.6. The maximum absolute atomic E-state index is 12.6. The normalized spacial score (nSPS) is 16.0. The van der Waals surface area contributed by atoms with E-state index in [0.717, 1.165) is 23.5 Å². The molecule has 0 radical (unpaired) electrons. The number of ketones is 1. The third kappa shape index (κ3) is 3.98. The van der Waals surface area contributed by atoms with Gasteiger partial charge in [0.05, 0.1) is 12.2 Å². The number of unbranched alkanes of at least 4 members (excludes halogenated alkanes) is 3. The Bertz CT molecular complexity index is 900. The number of hydrogen-bond acceptors (Lipinski definition) is 5. The standard InChI is InChI=1S/C23H24O5/c1-2-3-4-5-10-25-17-7-8-18-20(15-17)28-22(23(18)24)14-16-6-9-19-21(13-16)27-12-11-26-19/h6-9,13-15H,2-5,10-12H2,1H3. The van der Waals surface area contributed by atoms with Crippen molar-refractivity contribution in [1.82, 2.24) is 0 Å². The molecule has 2 aromatic rings. The molecule has 0 spiro atoms. The lowest BCUT2D eigenvalue weighted by Gasteiger charge is -2.18. The Balaban J connectivity index is 1.45. The summed E-state index contributed by atoms with van der Waals surface area (Å²) in [5, 5.41) is 0. The highest BCUT2D eigenvalue weighted by molar-refractivity contribution is 6.14. The van der Waals surface area contributed by atoms with Gasteiger partial charge in [0.25, 0.3) is 0 Å². The Labute approximate surface area is 164 Å². The van der Waals surface area contributed by atoms with E-state index in [0.29, 0.717) is 42.6 Å². The van der Waals surface area contributed by atoms with Crippen LogP contribution in [0.5, 0.6) is 23.0 Å². The second kappa shape index (κ2) is 8.38. The summed E-state index contributed by atoms with van der Waals surface area (Å²) in [5.74, 6) is 2.84. The first kappa shape index (κ1) is 18.4. The summed E-state index contributed by atoms with van der Waals surface area (Å²) in [6.45, 7) is 3.93. The topological polar surface area (TPSA) is 54.0 Å². The summed E-state index contributed by atoms with van der Waals surface area (Å²) in [6.07, 6.45) is 6.34. The number of rotatable bonds is 7. The van der Waals surface area contributed by atoms with E-state index in [1.54, 1.807) is 18.2 Å². The molecule has 5 nitrogen and oxygen atoms in total. The van der Waals surface area contributed by atoms with Crippen molar-refractivity contribution in [3.63, 3.8) is 0 Å². The lowest BCUT2D eigenvalue weighted by molar-refractivity contribution is 0.101. The molecule has 2 aliphatic rings. The van der Waals surface area contributed by atoms with E-state index < -0.39 is 0 Å². The van der Waals surface area contributed by atoms with Crippen molar-refractivity contribution in [1.29, 1.82) is 0 Å². The Kier molecular flexibility index (Phi) is 5.51. The van der Waals surface area contributed by atoms with Crippen LogP contribution in [0.2, 0.25) is 0 Å². The minimum Gasteiger partial charge on any atom is -0.493 e. The number of carbonyl (C=O) groups is 1. The largest absolute Gasteiger partial charge is 0.493 e. The Morgan fingerprint density at radius 1 is 0.964 bits per heavy atom. The van der Waals surface area contributed by atoms with E-state index in [1.165, 1.54) is 19.3 Å². The molecule has 0 atom stereocenters. The molecule has 5 heteroatoms. The Morgan fingerprint density at radius 3 is 2.68 bits per heavy atom. The average molecular weight is 380 g/mol. The third-order valence-corrected chi connectivity index (χ3v) is 4.77. The number of allylic oxidation sites excluding steroid dienone is 1. The fourth-order valence-electron chi connectivity index (χ4n) is 3.28. The monoisotopic (exact) mass is 380 g/mol. The first-order valence-corrected chi connectivity index (χ1v) is 9.85. The van der Waals surface area contributed by atoms with Gasteiger partial charge < -0.3 is 18.9 Å². The van der Waals surface area contributed by atoms with Gasteiger partial charge in [0.2, 0.25) is 5.78 Å². The van der Waals surface area contributed by atoms with Gasteiger partial charge in [-0.05, 0) is 42.3 Å². The molecule has 0 aliphatic carbocycles. The minimum atomic E-state index is -0.126. The van der Waals surface area contributed by atoms with Gasteiger partial charge in [-0.3, -0.25) is 4.79 Å². The highest BCUT2D eigenvalue weighted by Gasteiger charge is 2.28. The number of ether oxygens (including phenoxy) is 4. The molecule has 0 unspecified atom stereocenters. The fraction of sp³-hybridized carbons (Fsp3) is 0.348. The van der Waals surface area contributed by atoms with Crippen LogP contribution in [-0.2, 0) is 0 Å². The highest BCUT2D eigenvalue weighted by Crippen LogP contribution is 2.36. The molecule has 0 aromatic heterocycles. The second-order valence-electron chi connectivity index (χ2n) is 6.91. The summed E-state index contributed by atoms with van der Waals surface area (Å²) in [6, 6.07) is 11.0. The lowest BCUT2D eigenvalue weighted by atomic mass is 10.1. The summed E-state index contributed by atoms with van der Waals surface area (Å²) in [5.41, 5.74) is 1.38. The quantitative estimate of drug-likeness (QED) is 0.498. The third-order valence-electron chi connectivity index (χ3n) is 4.77. The van der Waals surface area contributed by atoms with E-state index >= 15 is 0 Å². The maximum Gasteiger partial charge on any atom is 0.231 e. The van der Waals surface area contributed by atoms with E-state index in [1.807, 2.05) is 24.3 Å². The van der Waals surface area contributed by atoms with E-state index in [4.69, 9.17) is 18.9 Å². The van der Waals surface area contributed by atoms with E-state index in [2.05, 4.69) is 6.92 Å². The van der Waals surface area contributed by atoms with Crippen LogP contribution >= 0.6 is 0 Å². The molecule has 146 valence electrons. The summed E-state index contributed by atoms with van der Waals surface area (Å²) in [4.78, 5) is 12.6. The fourth-order valence-corrected chi connectivity index (χ4v) is 3.28. The second-order valence-corrected chi connectivity index (χ2v) is 6.91. The van der Waals surface area contributed by atoms with Gasteiger partial charge in [-0.1, -0.05) is 32.3 Å². The number of hydrogen-bond donors (Lipinski definition) is 0. The average Bonchev–Trinajstić information content (AvgIpc) is 3.02. The molecule has 2 heterocycles.